The molecule has 0 radical (unpaired) electrons. The average Bonchev–Trinajstić information content (AvgIpc) is 2.49. The molecule has 0 aliphatic carbocycles. The van der Waals surface area contributed by atoms with E-state index in [0.29, 0.717) is 11.3 Å². The fourth-order valence-electron chi connectivity index (χ4n) is 1.18. The number of nitrogens with zero attached hydrogens (tertiary/aromatic N) is 1. The maximum Gasteiger partial charge on any atom is 0.165 e. The predicted octanol–water partition coefficient (Wildman–Crippen LogP) is 1.40. The molecule has 1 aromatic rings. The molecule has 62 valence electrons. The van der Waals surface area contributed by atoms with Crippen molar-refractivity contribution in [3.8, 4) is 5.75 Å². The Morgan fingerprint density at radius 3 is 3.08 bits per heavy atom. The Balaban J connectivity index is 2.61. The molecule has 3 nitrogen and oxygen atoms in total. The number of oxime groups is 1. The van der Waals surface area contributed by atoms with Gasteiger partial charge in [-0.25, -0.2) is 4.39 Å². The smallest absolute Gasteiger partial charge is 0.165 e. The third kappa shape index (κ3) is 0.845. The van der Waals surface area contributed by atoms with Gasteiger partial charge in [0.1, 0.15) is 12.3 Å². The van der Waals surface area contributed by atoms with Crippen LogP contribution >= 0.6 is 0 Å². The van der Waals surface area contributed by atoms with E-state index in [0.717, 1.165) is 0 Å². The number of ether oxygens (including phenoxy) is 1. The monoisotopic (exact) mass is 167 g/mol. The molecule has 12 heavy (non-hydrogen) atoms. The van der Waals surface area contributed by atoms with E-state index in [1.165, 1.54) is 6.07 Å². The summed E-state index contributed by atoms with van der Waals surface area (Å²) < 4.78 is 17.9. The highest BCUT2D eigenvalue weighted by Gasteiger charge is 2.22. The summed E-state index contributed by atoms with van der Waals surface area (Å²) >= 11 is 0. The zero-order valence-corrected chi connectivity index (χ0v) is 6.12. The van der Waals surface area contributed by atoms with Crippen LogP contribution in [0.4, 0.5) is 4.39 Å². The maximum absolute atomic E-state index is 12.9. The Labute approximate surface area is 68.1 Å². The van der Waals surface area contributed by atoms with Crippen molar-refractivity contribution in [1.29, 1.82) is 0 Å². The van der Waals surface area contributed by atoms with E-state index in [2.05, 4.69) is 5.16 Å². The van der Waals surface area contributed by atoms with Crippen molar-refractivity contribution in [2.75, 3.05) is 6.61 Å². The lowest BCUT2D eigenvalue weighted by molar-refractivity contribution is 0.312. The van der Waals surface area contributed by atoms with Crippen LogP contribution in [0.25, 0.3) is 0 Å². The highest BCUT2D eigenvalue weighted by molar-refractivity contribution is 6.05. The molecule has 0 saturated carbocycles. The molecular weight excluding hydrogens is 161 g/mol. The van der Waals surface area contributed by atoms with Gasteiger partial charge in [-0.15, -0.1) is 0 Å². The van der Waals surface area contributed by atoms with Gasteiger partial charge in [-0.2, -0.15) is 0 Å². The first-order chi connectivity index (χ1) is 5.83. The van der Waals surface area contributed by atoms with Crippen LogP contribution in [0.15, 0.2) is 23.4 Å². The van der Waals surface area contributed by atoms with Gasteiger partial charge in [-0.3, -0.25) is 0 Å². The number of para-hydroxylation sites is 1. The van der Waals surface area contributed by atoms with Gasteiger partial charge in [0.15, 0.2) is 11.6 Å². The van der Waals surface area contributed by atoms with Crippen molar-refractivity contribution in [3.05, 3.63) is 29.6 Å². The number of hydrogen-bond acceptors (Lipinski definition) is 3. The van der Waals surface area contributed by atoms with Gasteiger partial charge in [0.25, 0.3) is 0 Å². The van der Waals surface area contributed by atoms with Crippen LogP contribution in [0, 0.1) is 5.82 Å². The standard InChI is InChI=1S/C8H6FNO2/c9-6-3-1-2-5-7(10-11)4-12-8(5)6/h1-3,11H,4H2. The molecule has 1 aliphatic rings. The molecule has 0 saturated heterocycles. The van der Waals surface area contributed by atoms with Crippen LogP contribution in [0.3, 0.4) is 0 Å². The summed E-state index contributed by atoms with van der Waals surface area (Å²) in [6.07, 6.45) is 0. The fourth-order valence-corrected chi connectivity index (χ4v) is 1.18. The van der Waals surface area contributed by atoms with Crippen molar-refractivity contribution in [2.24, 2.45) is 5.16 Å². The first-order valence-corrected chi connectivity index (χ1v) is 3.45. The highest BCUT2D eigenvalue weighted by Crippen LogP contribution is 2.28. The zero-order chi connectivity index (χ0) is 8.55. The van der Waals surface area contributed by atoms with Gasteiger partial charge in [-0.05, 0) is 12.1 Å². The second-order valence-electron chi connectivity index (χ2n) is 2.45. The summed E-state index contributed by atoms with van der Waals surface area (Å²) in [7, 11) is 0. The number of halogens is 1. The van der Waals surface area contributed by atoms with E-state index < -0.39 is 5.82 Å². The molecule has 0 aromatic heterocycles. The zero-order valence-electron chi connectivity index (χ0n) is 6.12. The molecule has 0 bridgehead atoms. The second-order valence-corrected chi connectivity index (χ2v) is 2.45. The topological polar surface area (TPSA) is 41.8 Å². The minimum absolute atomic E-state index is 0.132. The SMILES string of the molecule is ON=C1COc2c(F)cccc21. The molecule has 0 spiro atoms. The Bertz CT molecular complexity index is 349. The number of benzene rings is 1. The summed E-state index contributed by atoms with van der Waals surface area (Å²) in [4.78, 5) is 0. The molecule has 0 atom stereocenters. The van der Waals surface area contributed by atoms with E-state index in [-0.39, 0.29) is 12.4 Å². The van der Waals surface area contributed by atoms with Crippen molar-refractivity contribution in [3.63, 3.8) is 0 Å². The molecule has 0 unspecified atom stereocenters. The van der Waals surface area contributed by atoms with Gasteiger partial charge < -0.3 is 9.94 Å². The Morgan fingerprint density at radius 1 is 1.50 bits per heavy atom. The van der Waals surface area contributed by atoms with Crippen LogP contribution in [0.5, 0.6) is 5.75 Å². The normalized spacial score (nSPS) is 17.6. The molecule has 2 rings (SSSR count). The van der Waals surface area contributed by atoms with E-state index in [9.17, 15) is 4.39 Å². The molecule has 1 N–H and O–H groups in total. The largest absolute Gasteiger partial charge is 0.483 e. The van der Waals surface area contributed by atoms with Crippen LogP contribution in [-0.2, 0) is 0 Å². The van der Waals surface area contributed by atoms with E-state index >= 15 is 0 Å². The van der Waals surface area contributed by atoms with Gasteiger partial charge in [-0.1, -0.05) is 11.2 Å². The summed E-state index contributed by atoms with van der Waals surface area (Å²) in [6.45, 7) is 0.132. The lowest BCUT2D eigenvalue weighted by Crippen LogP contribution is -2.01. The molecule has 1 aromatic carbocycles. The van der Waals surface area contributed by atoms with Crippen molar-refractivity contribution in [2.45, 2.75) is 0 Å². The lowest BCUT2D eigenvalue weighted by Gasteiger charge is -1.96. The summed E-state index contributed by atoms with van der Waals surface area (Å²) in [5, 5.41) is 11.5. The minimum atomic E-state index is -0.425. The number of fused-ring (bicyclic) bond motifs is 1. The van der Waals surface area contributed by atoms with Crippen LogP contribution < -0.4 is 4.74 Å². The molecule has 4 heteroatoms. The van der Waals surface area contributed by atoms with Gasteiger partial charge >= 0.3 is 0 Å². The Morgan fingerprint density at radius 2 is 2.33 bits per heavy atom. The quantitative estimate of drug-likeness (QED) is 0.468. The molecule has 0 fully saturated rings. The van der Waals surface area contributed by atoms with E-state index in [1.807, 2.05) is 0 Å². The van der Waals surface area contributed by atoms with Gasteiger partial charge in [0.2, 0.25) is 0 Å². The van der Waals surface area contributed by atoms with Crippen LogP contribution in [-0.4, -0.2) is 17.5 Å². The van der Waals surface area contributed by atoms with Crippen LogP contribution in [0.2, 0.25) is 0 Å². The summed E-state index contributed by atoms with van der Waals surface area (Å²) in [5.74, 6) is -0.253. The summed E-state index contributed by atoms with van der Waals surface area (Å²) in [5.41, 5.74) is 0.891. The second kappa shape index (κ2) is 2.48. The minimum Gasteiger partial charge on any atom is -0.483 e. The van der Waals surface area contributed by atoms with Crippen LogP contribution in [0.1, 0.15) is 5.56 Å². The Hall–Kier alpha value is -1.58. The molecule has 0 amide bonds. The molecular formula is C8H6FNO2. The first-order valence-electron chi connectivity index (χ1n) is 3.45. The van der Waals surface area contributed by atoms with Crippen molar-refractivity contribution in [1.82, 2.24) is 0 Å². The predicted molar refractivity (Wildman–Crippen MR) is 40.2 cm³/mol. The van der Waals surface area contributed by atoms with Crippen molar-refractivity contribution < 1.29 is 14.3 Å². The van der Waals surface area contributed by atoms with Gasteiger partial charge in [0.05, 0.1) is 0 Å². The van der Waals surface area contributed by atoms with Crippen molar-refractivity contribution >= 4 is 5.71 Å². The first kappa shape index (κ1) is 7.09. The third-order valence-corrected chi connectivity index (χ3v) is 1.75. The highest BCUT2D eigenvalue weighted by atomic mass is 19.1. The summed E-state index contributed by atoms with van der Waals surface area (Å²) in [6, 6.07) is 4.51. The van der Waals surface area contributed by atoms with E-state index in [1.54, 1.807) is 12.1 Å². The van der Waals surface area contributed by atoms with E-state index in [4.69, 9.17) is 9.94 Å². The maximum atomic E-state index is 12.9. The third-order valence-electron chi connectivity index (χ3n) is 1.75. The lowest BCUT2D eigenvalue weighted by atomic mass is 10.1. The molecule has 1 aliphatic heterocycles. The van der Waals surface area contributed by atoms with Gasteiger partial charge in [0, 0.05) is 5.56 Å². The average molecular weight is 167 g/mol. The Kier molecular flexibility index (Phi) is 1.46. The number of hydrogen-bond donors (Lipinski definition) is 1. The fraction of sp³-hybridized carbons (Fsp3) is 0.125. The molecule has 1 heterocycles. The number of rotatable bonds is 0.